The molecule has 0 aliphatic rings. The topological polar surface area (TPSA) is 131 Å². The molecule has 0 saturated heterocycles. The first-order chi connectivity index (χ1) is 48.6. The molecule has 536 valence electrons. The van der Waals surface area contributed by atoms with E-state index in [1.54, 1.807) is 18.2 Å². The van der Waals surface area contributed by atoms with Crippen LogP contribution in [0.2, 0.25) is 0 Å². The Kier molecular flexibility index (Phi) is 48.8. The van der Waals surface area contributed by atoms with E-state index in [0.717, 1.165) is 38.6 Å². The van der Waals surface area contributed by atoms with Crippen LogP contribution >= 0.6 is 57.5 Å². The third kappa shape index (κ3) is 34.8. The predicted octanol–water partition coefficient (Wildman–Crippen LogP) is 23.9. The molecule has 0 aliphatic carbocycles. The molecule has 0 amide bonds. The average molecular weight is 1630 g/mol. The van der Waals surface area contributed by atoms with Crippen LogP contribution in [0, 0.1) is 38.6 Å². The maximum absolute atomic E-state index is 8.89. The van der Waals surface area contributed by atoms with Gasteiger partial charge in [0.1, 0.15) is 15.9 Å². The number of nitrogen functional groups attached to an aromatic ring is 1. The number of halogens is 3. The Morgan fingerprint density at radius 2 is 0.782 bits per heavy atom. The van der Waals surface area contributed by atoms with Gasteiger partial charge in [0, 0.05) is 50.0 Å². The standard InChI is InChI=1S/2C18H15P.C17H26N2.C17H22N2.C10H18.C7H5IN2.2CH4.2ClH.Pd/c2*1-4-10-16(11-5-1)19(17-12-6-2-7-13-17)18-14-8-3-9-15-18;2*1-2-3-4-5-6-7-8-16-12-15-11-14(13-18)9-10-17(15)19-16;1-3-5-7-9-10-8-6-4-2;8-6-3-5(4-9)1-2-7(6)10;;;;;/h2*1-15H;9-12,19H,2-8,13,18H2,1H3;9-12,19H,2-8H2,1H3;1H,4-10H2,2H3;1-3H,10H2;2*1H4;2*1H;/q;;;;;;;;;;+2/p-1. The molecule has 6 nitrogen and oxygen atoms in total. The van der Waals surface area contributed by atoms with Gasteiger partial charge >= 0.3 is 35.0 Å². The summed E-state index contributed by atoms with van der Waals surface area (Å²) < 4.78 is 0.927. The minimum absolute atomic E-state index is 0. The molecule has 0 bridgehead atoms. The number of benzene rings is 9. The van der Waals surface area contributed by atoms with Gasteiger partial charge in [-0.3, -0.25) is 0 Å². The number of aromatic nitrogens is 2. The van der Waals surface area contributed by atoms with Gasteiger partial charge in [-0.25, -0.2) is 0 Å². The van der Waals surface area contributed by atoms with E-state index in [0.29, 0.717) is 12.1 Å². The van der Waals surface area contributed by atoms with Gasteiger partial charge in [-0.15, -0.1) is 12.3 Å². The van der Waals surface area contributed by atoms with Gasteiger partial charge in [0.2, 0.25) is 0 Å². The zero-order valence-corrected chi connectivity index (χ0v) is 65.4. The molecule has 0 unspecified atom stereocenters. The van der Waals surface area contributed by atoms with Crippen molar-refractivity contribution in [1.29, 1.82) is 10.5 Å². The van der Waals surface area contributed by atoms with E-state index in [1.807, 2.05) is 24.3 Å². The maximum Gasteiger partial charge on any atom is 0.102 e. The van der Waals surface area contributed by atoms with Crippen molar-refractivity contribution in [3.63, 3.8) is 0 Å². The molecule has 0 saturated carbocycles. The van der Waals surface area contributed by atoms with Gasteiger partial charge < -0.3 is 21.4 Å². The Morgan fingerprint density at radius 3 is 1.15 bits per heavy atom. The molecule has 6 N–H and O–H groups in total. The summed E-state index contributed by atoms with van der Waals surface area (Å²) in [5.74, 6) is 2.66. The number of rotatable bonds is 27. The second-order valence-corrected chi connectivity index (χ2v) is 32.3. The van der Waals surface area contributed by atoms with Gasteiger partial charge in [-0.1, -0.05) is 284 Å². The molecule has 11 rings (SSSR count). The third-order valence-electron chi connectivity index (χ3n) is 16.4. The first kappa shape index (κ1) is 88.4. The quantitative estimate of drug-likeness (QED) is 0.0102. The second-order valence-electron chi connectivity index (χ2n) is 24.1. The number of unbranched alkanes of at least 4 members (excludes halogenated alkanes) is 16. The number of terminal acetylenes is 1. The number of hydrogen-bond donors (Lipinski definition) is 4. The molecule has 2 heterocycles. The molecule has 0 radical (unpaired) electrons. The summed E-state index contributed by atoms with van der Waals surface area (Å²) in [7, 11) is 8.30. The van der Waals surface area contributed by atoms with Crippen molar-refractivity contribution >= 4 is 117 Å². The first-order valence-electron chi connectivity index (χ1n) is 35.2. The summed E-state index contributed by atoms with van der Waals surface area (Å²) in [6, 6.07) is 91.0. The molecule has 0 aliphatic heterocycles. The van der Waals surface area contributed by atoms with Crippen LogP contribution in [0.5, 0.6) is 0 Å². The Labute approximate surface area is 641 Å². The molecule has 0 atom stereocenters. The molecular formula is C89H110Cl2IN6P2Pd+. The average Bonchev–Trinajstić information content (AvgIpc) is 1.49. The van der Waals surface area contributed by atoms with Crippen molar-refractivity contribution in [3.05, 3.63) is 280 Å². The summed E-state index contributed by atoms with van der Waals surface area (Å²) in [4.78, 5) is 6.95. The van der Waals surface area contributed by atoms with Crippen LogP contribution in [0.3, 0.4) is 0 Å². The van der Waals surface area contributed by atoms with E-state index in [2.05, 4.69) is 278 Å². The monoisotopic (exact) mass is 1630 g/mol. The summed E-state index contributed by atoms with van der Waals surface area (Å²) in [6.07, 6.45) is 32.5. The largest absolute Gasteiger partial charge is 0.102 e. The Morgan fingerprint density at radius 1 is 0.446 bits per heavy atom. The van der Waals surface area contributed by atoms with Crippen molar-refractivity contribution < 1.29 is 15.9 Å². The Bertz CT molecular complexity index is 3700. The molecule has 2 aromatic heterocycles. The fourth-order valence-electron chi connectivity index (χ4n) is 11.2. The molecule has 11 aromatic rings. The first-order valence-corrected chi connectivity index (χ1v) is 43.1. The fourth-order valence-corrected chi connectivity index (χ4v) is 16.6. The number of nitrogens with zero attached hydrogens (tertiary/aromatic N) is 2. The van der Waals surface area contributed by atoms with E-state index >= 15 is 0 Å². The molecular weight excluding hydrogens is 1520 g/mol. The van der Waals surface area contributed by atoms with E-state index in [9.17, 15) is 0 Å². The van der Waals surface area contributed by atoms with Gasteiger partial charge in [-0.05, 0) is 187 Å². The van der Waals surface area contributed by atoms with E-state index in [-0.39, 0.29) is 30.8 Å². The van der Waals surface area contributed by atoms with Crippen molar-refractivity contribution in [2.45, 2.75) is 177 Å². The minimum Gasteiger partial charge on any atom is -0.0622 e. The maximum atomic E-state index is 8.89. The van der Waals surface area contributed by atoms with E-state index in [4.69, 9.17) is 47.5 Å². The molecule has 12 heteroatoms. The zero-order valence-electron chi connectivity index (χ0n) is 58.3. The zero-order chi connectivity index (χ0) is 70.8. The minimum atomic E-state index is -0.877. The van der Waals surface area contributed by atoms with Gasteiger partial charge in [-0.2, -0.15) is 10.5 Å². The number of H-pyrrole nitrogens is 2. The van der Waals surface area contributed by atoms with Crippen LogP contribution < -0.4 is 43.3 Å². The fraction of sp³-hybridized carbons (Fsp3) is 0.303. The number of hydrogen-bond acceptors (Lipinski definition) is 4. The number of nitriles is 2. The van der Waals surface area contributed by atoms with Crippen LogP contribution in [0.4, 0.5) is 5.69 Å². The summed E-state index contributed by atoms with van der Waals surface area (Å²) >= 11 is 1.99. The Balaban J connectivity index is 0.000000317. The number of nitrogens with one attached hydrogen (secondary N) is 2. The van der Waals surface area contributed by atoms with Gasteiger partial charge in [0.05, 0.1) is 31.2 Å². The van der Waals surface area contributed by atoms with Gasteiger partial charge in [0.25, 0.3) is 0 Å². The van der Waals surface area contributed by atoms with Crippen molar-refractivity contribution in [2.24, 2.45) is 5.73 Å². The van der Waals surface area contributed by atoms with Gasteiger partial charge in [0.15, 0.2) is 0 Å². The number of aromatic amines is 2. The summed E-state index contributed by atoms with van der Waals surface area (Å²) in [5, 5.41) is 28.3. The van der Waals surface area contributed by atoms with E-state index in [1.165, 1.54) is 182 Å². The normalized spacial score (nSPS) is 10.1. The van der Waals surface area contributed by atoms with Crippen LogP contribution in [0.15, 0.2) is 249 Å². The van der Waals surface area contributed by atoms with Crippen molar-refractivity contribution in [2.75, 3.05) is 5.73 Å². The SMILES string of the molecule is C.C.C#CCCCCCCCC.CCCCCCCCc1cc2cc(C#N)ccc2[nH]1.CCCCCCCCc1cc2cc(CN)ccc2[nH]1.N#Cc1ccc(N)c(I)c1.[Cl][Pd][Cl].c1ccc(P(c2ccccc2)c2ccccc2)cc1.c1ccc([PH+](c2ccccc2)c2ccccc2)cc1. The van der Waals surface area contributed by atoms with Crippen LogP contribution in [0.25, 0.3) is 21.8 Å². The molecule has 0 spiro atoms. The van der Waals surface area contributed by atoms with Crippen LogP contribution in [-0.2, 0) is 35.3 Å². The predicted molar refractivity (Wildman–Crippen MR) is 455 cm³/mol. The van der Waals surface area contributed by atoms with Crippen LogP contribution in [-0.4, -0.2) is 9.97 Å². The molecule has 0 fully saturated rings. The summed E-state index contributed by atoms with van der Waals surface area (Å²) in [5.41, 5.74) is 19.5. The Hall–Kier alpha value is -6.81. The smallest absolute Gasteiger partial charge is 0.0622 e. The van der Waals surface area contributed by atoms with Crippen molar-refractivity contribution in [3.8, 4) is 24.5 Å². The number of fused-ring (bicyclic) bond motifs is 2. The number of nitrogens with two attached hydrogens (primary N) is 2. The van der Waals surface area contributed by atoms with E-state index < -0.39 is 15.8 Å². The number of anilines is 1. The molecule has 9 aromatic carbocycles. The molecule has 101 heavy (non-hydrogen) atoms. The summed E-state index contributed by atoms with van der Waals surface area (Å²) in [6.45, 7) is 7.37. The van der Waals surface area contributed by atoms with Crippen molar-refractivity contribution in [1.82, 2.24) is 9.97 Å². The second kappa shape index (κ2) is 55.8. The van der Waals surface area contributed by atoms with Crippen LogP contribution in [0.1, 0.15) is 186 Å². The third-order valence-corrected chi connectivity index (χ3v) is 22.5. The number of aryl methyl sites for hydroxylation is 2.